The van der Waals surface area contributed by atoms with Gasteiger partial charge in [-0.1, -0.05) is 279 Å². The maximum atomic E-state index is 10.8. The number of hydrogen-bond donors (Lipinski definition) is 12. The van der Waals surface area contributed by atoms with Gasteiger partial charge in [0, 0.05) is 39.0 Å². The average Bonchev–Trinajstić information content (AvgIpc) is 0.873. The molecule has 24 N–H and O–H groups in total. The molecule has 0 heterocycles. The number of unbranched alkanes of at least 4 members (excludes halogenated alkanes) is 4. The predicted octanol–water partition coefficient (Wildman–Crippen LogP) is 24.8. The fourth-order valence-corrected chi connectivity index (χ4v) is 9.94. The molecule has 0 aromatic heterocycles. The van der Waals surface area contributed by atoms with Crippen LogP contribution < -0.4 is 4.74 Å². The van der Waals surface area contributed by atoms with Gasteiger partial charge in [0.25, 0.3) is 0 Å². The summed E-state index contributed by atoms with van der Waals surface area (Å²) in [6, 6.07) is 53.2. The number of aliphatic carboxylic acids is 11. The molecule has 0 bridgehead atoms. The minimum absolute atomic E-state index is 0. The smallest absolute Gasteiger partial charge is 0.693 e. The largest absolute Gasteiger partial charge is 2.00 e. The molecular formula is C88H128Cl6N8O26Pt4. The molecule has 34 nitrogen and oxygen atoms in total. The first-order chi connectivity index (χ1) is 59.4. The maximum Gasteiger partial charge on any atom is 2.00 e. The van der Waals surface area contributed by atoms with Crippen molar-refractivity contribution in [2.75, 3.05) is 0 Å². The number of benzene rings is 6. The molecule has 0 amide bonds. The number of carboxylic acids is 12. The van der Waals surface area contributed by atoms with Crippen LogP contribution in [0.3, 0.4) is 0 Å². The van der Waals surface area contributed by atoms with E-state index in [1.54, 1.807) is 19.1 Å². The van der Waals surface area contributed by atoms with E-state index in [2.05, 4.69) is 25.5 Å². The number of carboxylic acid groups (broad SMARTS) is 12. The molecule has 2 saturated carbocycles. The number of nitrogens with two attached hydrogens (primary N) is 4. The van der Waals surface area contributed by atoms with Crippen molar-refractivity contribution in [2.45, 2.75) is 243 Å². The van der Waals surface area contributed by atoms with Crippen LogP contribution in [-0.2, 0) is 165 Å². The number of carbonyl (C=O) groups excluding carboxylic acids is 1. The molecule has 0 spiro atoms. The third kappa shape index (κ3) is 106. The van der Waals surface area contributed by atoms with Crippen molar-refractivity contribution in [3.63, 3.8) is 0 Å². The zero-order chi connectivity index (χ0) is 97.2. The van der Waals surface area contributed by atoms with Crippen LogP contribution >= 0.6 is 60.9 Å². The maximum absolute atomic E-state index is 10.8. The second-order valence-corrected chi connectivity index (χ2v) is 34.9. The van der Waals surface area contributed by atoms with Gasteiger partial charge in [0.1, 0.15) is 11.3 Å². The van der Waals surface area contributed by atoms with Crippen molar-refractivity contribution >= 4 is 138 Å². The number of aryl methyl sites for hydroxylation is 4. The van der Waals surface area contributed by atoms with E-state index in [-0.39, 0.29) is 128 Å². The zero-order valence-corrected chi connectivity index (χ0v) is 87.3. The number of alkyl halides is 2. The van der Waals surface area contributed by atoms with Crippen molar-refractivity contribution in [2.24, 2.45) is 5.92 Å². The van der Waals surface area contributed by atoms with Crippen LogP contribution in [0.2, 0.25) is 0 Å². The van der Waals surface area contributed by atoms with E-state index in [0.29, 0.717) is 12.3 Å². The van der Waals surface area contributed by atoms with Gasteiger partial charge < -0.3 is 114 Å². The number of rotatable bonds is 29. The first-order valence-electron chi connectivity index (χ1n) is 39.4. The minimum Gasteiger partial charge on any atom is -0.693 e. The molecule has 8 rings (SSSR count). The fraction of sp³-hybridized carbons (Fsp3) is 0.443. The van der Waals surface area contributed by atoms with Gasteiger partial charge in [-0.15, -0.1) is 0 Å². The number of halogens is 6. The zero-order valence-electron chi connectivity index (χ0n) is 73.7. The van der Waals surface area contributed by atoms with Crippen LogP contribution in [-0.4, -0.2) is 168 Å². The molecule has 0 aliphatic heterocycles. The Labute approximate surface area is 845 Å². The number of para-hydroxylation sites is 1. The van der Waals surface area contributed by atoms with Crippen LogP contribution in [0.25, 0.3) is 47.5 Å². The molecule has 2 aliphatic carbocycles. The summed E-state index contributed by atoms with van der Waals surface area (Å²) in [4.78, 5) is 127. The molecule has 6 aromatic rings. The van der Waals surface area contributed by atoms with Gasteiger partial charge in [-0.05, 0) is 123 Å². The van der Waals surface area contributed by atoms with Crippen molar-refractivity contribution < 1.29 is 203 Å². The molecule has 132 heavy (non-hydrogen) atoms. The first-order valence-corrected chi connectivity index (χ1v) is 51.5. The number of nitrogens with one attached hydrogen (secondary N) is 4. The SMILES string of the molecule is CC(=O)Oc1ccccc1C(=O)O.CC(C)Cc1ccc(C(C)C(=O)O)cc1.CCCCCCCC(=O)O.O=C(O)C(=O)O.O=C(O)C(=O)O.O=C(O)C(Cl)Cl.O=C(O)CCCc1ccccc1.O=C(O)CCCc1ccccc1.O=C(O)CCCc1ccccc1.O=C(O)CCCc1ccccc1.[Cl][Pt+2][Cl].[Cl][Pt+2][Cl].[NH-]C1CCCCC1[NH-].[NH-]C1CCCCC1[NH-].[NH2-].[NH2-].[NH2-].[NH2-].[Pt+2].[Pt+2]. The van der Waals surface area contributed by atoms with E-state index in [4.69, 9.17) is 164 Å². The van der Waals surface area contributed by atoms with Crippen molar-refractivity contribution in [3.05, 3.63) is 256 Å². The predicted molar refractivity (Wildman–Crippen MR) is 502 cm³/mol. The summed E-state index contributed by atoms with van der Waals surface area (Å²) >= 11 is 8.61. The van der Waals surface area contributed by atoms with Crippen molar-refractivity contribution in [3.8, 4) is 5.75 Å². The third-order valence-corrected chi connectivity index (χ3v) is 16.6. The number of esters is 1. The van der Waals surface area contributed by atoms with Gasteiger partial charge in [0.15, 0.2) is 0 Å². The Bertz CT molecular complexity index is 3600. The normalized spacial score (nSPS) is 12.9. The summed E-state index contributed by atoms with van der Waals surface area (Å²) in [7, 11) is 19.5. The molecule has 6 aromatic carbocycles. The monoisotopic (exact) mass is 2700 g/mol. The van der Waals surface area contributed by atoms with Crippen LogP contribution in [0.15, 0.2) is 170 Å². The van der Waals surface area contributed by atoms with E-state index < -0.39 is 121 Å². The Morgan fingerprint density at radius 1 is 0.364 bits per heavy atom. The molecule has 5 atom stereocenters. The van der Waals surface area contributed by atoms with Gasteiger partial charge in [0.05, 0.1) is 5.92 Å². The average molecular weight is 2710 g/mol. The van der Waals surface area contributed by atoms with E-state index >= 15 is 0 Å². The summed E-state index contributed by atoms with van der Waals surface area (Å²) in [6.07, 6.45) is 22.8. The quantitative estimate of drug-likeness (QED) is 0.00682. The fourth-order valence-electron chi connectivity index (χ4n) is 9.94. The summed E-state index contributed by atoms with van der Waals surface area (Å²) in [6.45, 7) is 9.43. The molecule has 0 saturated heterocycles. The molecule has 2 fully saturated rings. The Kier molecular flexibility index (Phi) is 117. The van der Waals surface area contributed by atoms with Gasteiger partial charge in [-0.2, -0.15) is 24.2 Å². The van der Waals surface area contributed by atoms with Gasteiger partial charge in [-0.3, -0.25) is 33.6 Å². The molecule has 5 unspecified atom stereocenters. The standard InChI is InChI=1S/C13H18O2.4C10H12O2.C9H8O4.C8H16O2.2C6H12N2.C2H2Cl2O2.2C2H2O4.4ClH.4H2N.4Pt/c1-9(2)8-11-4-6-12(7-5-11)10(3)13(14)15;4*11-10(12)8-4-7-9-5-2-1-3-6-9;1-6(10)13-8-5-3-2-4-7(8)9(11)12;1-2-3-4-5-6-7-8(9)10;2*7-5-3-1-2-4-6(5)8;3*3-1(4)2(5)6;;;;;;;;;;;;/h4-7,9-10H,8H2,1-3H3,(H,14,15);4*1-3,5-6H,4,7-8H2,(H,11,12);2-5H,1H3,(H,11,12);2-7H2,1H3,(H,9,10);2*5-8H,1-4H2;1H,(H,5,6);2*(H,3,4)(H,5,6);4*1H;4*1H2;;;;/q;;;;;;;2*-2;;;;;;;;4*-1;2*+2;2*+4/p-4. The van der Waals surface area contributed by atoms with Crippen LogP contribution in [0.5, 0.6) is 5.75 Å². The summed E-state index contributed by atoms with van der Waals surface area (Å²) in [5.74, 6) is -14.2. The third-order valence-electron chi connectivity index (χ3n) is 16.2. The van der Waals surface area contributed by atoms with E-state index in [0.717, 1.165) is 102 Å². The second kappa shape index (κ2) is 103. The molecule has 2 aliphatic rings. The number of carbonyl (C=O) groups is 13. The van der Waals surface area contributed by atoms with Crippen LogP contribution in [0, 0.1) is 5.92 Å². The van der Waals surface area contributed by atoms with Crippen molar-refractivity contribution in [1.82, 2.24) is 0 Å². The van der Waals surface area contributed by atoms with Gasteiger partial charge in [-0.25, -0.2) is 28.8 Å². The van der Waals surface area contributed by atoms with Gasteiger partial charge in [0.2, 0.25) is 4.84 Å². The summed E-state index contributed by atoms with van der Waals surface area (Å²) in [5, 5.41) is 96.7. The van der Waals surface area contributed by atoms with Crippen LogP contribution in [0.4, 0.5) is 0 Å². The summed E-state index contributed by atoms with van der Waals surface area (Å²) < 4.78 is 4.69. The molecule has 0 radical (unpaired) electrons. The second-order valence-electron chi connectivity index (χ2n) is 27.2. The van der Waals surface area contributed by atoms with Gasteiger partial charge >= 0.3 is 190 Å². The molecule has 44 heteroatoms. The Balaban J connectivity index is -0.000000119. The Morgan fingerprint density at radius 3 is 0.811 bits per heavy atom. The molecule has 758 valence electrons. The van der Waals surface area contributed by atoms with E-state index in [9.17, 15) is 43.2 Å². The number of ether oxygens (including phenoxy) is 1. The minimum atomic E-state index is -1.82. The topological polar surface area (TPSA) is 703 Å². The Hall–Kier alpha value is -7.40. The number of aromatic carboxylic acids is 1. The Morgan fingerprint density at radius 2 is 0.606 bits per heavy atom. The van der Waals surface area contributed by atoms with Crippen LogP contribution in [0.1, 0.15) is 226 Å². The van der Waals surface area contributed by atoms with E-state index in [1.165, 1.54) is 91.8 Å². The summed E-state index contributed by atoms with van der Waals surface area (Å²) in [5.41, 5.74) is 36.1. The van der Waals surface area contributed by atoms with Crippen molar-refractivity contribution in [1.29, 1.82) is 0 Å². The first kappa shape index (κ1) is 150. The van der Waals surface area contributed by atoms with E-state index in [1.807, 2.05) is 146 Å². The molecular weight excluding hydrogens is 2580 g/mol. The number of hydrogen-bond acceptors (Lipinski definition) is 14.